The van der Waals surface area contributed by atoms with Gasteiger partial charge in [0.25, 0.3) is 0 Å². The average Bonchev–Trinajstić information content (AvgIpc) is 2.80. The molecule has 0 aliphatic heterocycles. The quantitative estimate of drug-likeness (QED) is 0.325. The maximum absolute atomic E-state index is 6.02. The van der Waals surface area contributed by atoms with E-state index in [1.807, 2.05) is 11.3 Å². The molecule has 1 fully saturated rings. The van der Waals surface area contributed by atoms with Crippen LogP contribution in [-0.2, 0) is 6.42 Å². The molecule has 0 amide bonds. The second kappa shape index (κ2) is 10.4. The second-order valence-corrected chi connectivity index (χ2v) is 6.98. The molecule has 1 atom stereocenters. The Kier molecular flexibility index (Phi) is 9.31. The zero-order chi connectivity index (χ0) is 14.2. The molecule has 5 heteroatoms. The Hall–Kier alpha value is -0.300. The highest BCUT2D eigenvalue weighted by Gasteiger charge is 2.12. The van der Waals surface area contributed by atoms with E-state index in [1.54, 1.807) is 0 Å². The van der Waals surface area contributed by atoms with Gasteiger partial charge in [-0.15, -0.1) is 35.3 Å². The van der Waals surface area contributed by atoms with Crippen LogP contribution in [0.3, 0.4) is 0 Å². The van der Waals surface area contributed by atoms with E-state index in [0.717, 1.165) is 13.0 Å². The summed E-state index contributed by atoms with van der Waals surface area (Å²) in [4.78, 5) is 5.95. The van der Waals surface area contributed by atoms with E-state index >= 15 is 0 Å². The fraction of sp³-hybridized carbons (Fsp3) is 0.688. The van der Waals surface area contributed by atoms with Gasteiger partial charge in [-0.05, 0) is 36.6 Å². The molecule has 1 saturated carbocycles. The topological polar surface area (TPSA) is 50.4 Å². The summed E-state index contributed by atoms with van der Waals surface area (Å²) < 4.78 is 0. The van der Waals surface area contributed by atoms with Crippen molar-refractivity contribution >= 4 is 41.3 Å². The number of nitrogens with zero attached hydrogens (tertiary/aromatic N) is 1. The third-order valence-electron chi connectivity index (χ3n) is 3.91. The Bertz CT molecular complexity index is 398. The van der Waals surface area contributed by atoms with Gasteiger partial charge in [-0.2, -0.15) is 0 Å². The van der Waals surface area contributed by atoms with Gasteiger partial charge in [-0.3, -0.25) is 4.99 Å². The van der Waals surface area contributed by atoms with Gasteiger partial charge in [0.05, 0.1) is 0 Å². The van der Waals surface area contributed by atoms with Crippen LogP contribution in [0.1, 0.15) is 50.3 Å². The Morgan fingerprint density at radius 1 is 1.38 bits per heavy atom. The molecule has 21 heavy (non-hydrogen) atoms. The molecule has 1 unspecified atom stereocenters. The molecular weight excluding hydrogens is 393 g/mol. The summed E-state index contributed by atoms with van der Waals surface area (Å²) in [6.07, 6.45) is 8.94. The standard InChI is InChI=1S/C16H27N3S.HI/c1-13(11-15-9-6-10-20-15)12-18-16(17)19-14-7-4-2-3-5-8-14;/h6,9-10,13-14H,2-5,7-8,11-12H2,1H3,(H3,17,18,19);1H. The van der Waals surface area contributed by atoms with Gasteiger partial charge in [0.15, 0.2) is 5.96 Å². The highest BCUT2D eigenvalue weighted by Crippen LogP contribution is 2.17. The van der Waals surface area contributed by atoms with Crippen molar-refractivity contribution in [1.29, 1.82) is 0 Å². The van der Waals surface area contributed by atoms with Crippen LogP contribution in [0, 0.1) is 5.92 Å². The number of halogens is 1. The van der Waals surface area contributed by atoms with E-state index in [2.05, 4.69) is 34.7 Å². The van der Waals surface area contributed by atoms with Crippen molar-refractivity contribution in [2.24, 2.45) is 16.6 Å². The first-order valence-electron chi connectivity index (χ1n) is 7.83. The number of thiophene rings is 1. The van der Waals surface area contributed by atoms with Gasteiger partial charge < -0.3 is 11.1 Å². The van der Waals surface area contributed by atoms with Gasteiger partial charge in [0.1, 0.15) is 0 Å². The Balaban J connectivity index is 0.00000220. The molecule has 1 aromatic heterocycles. The zero-order valence-electron chi connectivity index (χ0n) is 12.9. The molecule has 1 aromatic rings. The van der Waals surface area contributed by atoms with E-state index in [9.17, 15) is 0 Å². The van der Waals surface area contributed by atoms with Gasteiger partial charge in [0, 0.05) is 17.5 Å². The van der Waals surface area contributed by atoms with Gasteiger partial charge in [-0.25, -0.2) is 0 Å². The first-order chi connectivity index (χ1) is 9.74. The minimum absolute atomic E-state index is 0. The van der Waals surface area contributed by atoms with E-state index in [1.165, 1.54) is 43.4 Å². The van der Waals surface area contributed by atoms with Crippen LogP contribution < -0.4 is 11.1 Å². The van der Waals surface area contributed by atoms with E-state index in [0.29, 0.717) is 17.9 Å². The Labute approximate surface area is 149 Å². The minimum atomic E-state index is 0. The SMILES string of the molecule is CC(CN=C(N)NC1CCCCCC1)Cc1cccs1.I. The number of nitrogens with two attached hydrogens (primary N) is 1. The van der Waals surface area contributed by atoms with Crippen molar-refractivity contribution < 1.29 is 0 Å². The summed E-state index contributed by atoms with van der Waals surface area (Å²) >= 11 is 1.82. The first-order valence-corrected chi connectivity index (χ1v) is 8.71. The van der Waals surface area contributed by atoms with Crippen molar-refractivity contribution in [2.75, 3.05) is 6.54 Å². The molecule has 0 radical (unpaired) electrons. The predicted octanol–water partition coefficient (Wildman–Crippen LogP) is 4.17. The fourth-order valence-corrected chi connectivity index (χ4v) is 3.64. The number of nitrogens with one attached hydrogen (secondary N) is 1. The Morgan fingerprint density at radius 2 is 2.10 bits per heavy atom. The summed E-state index contributed by atoms with van der Waals surface area (Å²) in [6.45, 7) is 3.05. The first kappa shape index (κ1) is 18.7. The molecule has 1 aliphatic rings. The highest BCUT2D eigenvalue weighted by atomic mass is 127. The van der Waals surface area contributed by atoms with Crippen molar-refractivity contribution in [1.82, 2.24) is 5.32 Å². The number of rotatable bonds is 5. The normalized spacial score (nSPS) is 18.6. The van der Waals surface area contributed by atoms with Crippen molar-refractivity contribution in [3.8, 4) is 0 Å². The molecule has 1 aliphatic carbocycles. The molecule has 0 spiro atoms. The van der Waals surface area contributed by atoms with E-state index in [-0.39, 0.29) is 24.0 Å². The third kappa shape index (κ3) is 7.49. The minimum Gasteiger partial charge on any atom is -0.370 e. The molecule has 0 bridgehead atoms. The number of aliphatic imine (C=N–C) groups is 1. The summed E-state index contributed by atoms with van der Waals surface area (Å²) in [5.74, 6) is 1.18. The summed E-state index contributed by atoms with van der Waals surface area (Å²) in [7, 11) is 0. The van der Waals surface area contributed by atoms with Crippen molar-refractivity contribution in [3.63, 3.8) is 0 Å². The maximum Gasteiger partial charge on any atom is 0.188 e. The maximum atomic E-state index is 6.02. The Morgan fingerprint density at radius 3 is 2.71 bits per heavy atom. The van der Waals surface area contributed by atoms with Crippen molar-refractivity contribution in [3.05, 3.63) is 22.4 Å². The smallest absolute Gasteiger partial charge is 0.188 e. The molecule has 2 rings (SSSR count). The third-order valence-corrected chi connectivity index (χ3v) is 4.81. The molecule has 1 heterocycles. The van der Waals surface area contributed by atoms with Crippen LogP contribution in [0.4, 0.5) is 0 Å². The molecular formula is C16H28IN3S. The summed E-state index contributed by atoms with van der Waals surface area (Å²) in [5.41, 5.74) is 6.02. The monoisotopic (exact) mass is 421 g/mol. The molecule has 120 valence electrons. The van der Waals surface area contributed by atoms with Crippen LogP contribution in [-0.4, -0.2) is 18.5 Å². The van der Waals surface area contributed by atoms with Crippen LogP contribution in [0.15, 0.2) is 22.5 Å². The van der Waals surface area contributed by atoms with E-state index < -0.39 is 0 Å². The average molecular weight is 421 g/mol. The van der Waals surface area contributed by atoms with Gasteiger partial charge >= 0.3 is 0 Å². The lowest BCUT2D eigenvalue weighted by Gasteiger charge is -2.17. The van der Waals surface area contributed by atoms with Crippen LogP contribution >= 0.6 is 35.3 Å². The number of hydrogen-bond donors (Lipinski definition) is 2. The molecule has 3 N–H and O–H groups in total. The lowest BCUT2D eigenvalue weighted by molar-refractivity contribution is 0.527. The largest absolute Gasteiger partial charge is 0.370 e. The molecule has 0 saturated heterocycles. The van der Waals surface area contributed by atoms with E-state index in [4.69, 9.17) is 5.73 Å². The zero-order valence-corrected chi connectivity index (χ0v) is 16.0. The number of hydrogen-bond acceptors (Lipinski definition) is 2. The van der Waals surface area contributed by atoms with Gasteiger partial charge in [-0.1, -0.05) is 38.7 Å². The van der Waals surface area contributed by atoms with Crippen LogP contribution in [0.2, 0.25) is 0 Å². The van der Waals surface area contributed by atoms with Crippen LogP contribution in [0.5, 0.6) is 0 Å². The van der Waals surface area contributed by atoms with Crippen molar-refractivity contribution in [2.45, 2.75) is 57.9 Å². The van der Waals surface area contributed by atoms with Gasteiger partial charge in [0.2, 0.25) is 0 Å². The fourth-order valence-electron chi connectivity index (χ4n) is 2.77. The lowest BCUT2D eigenvalue weighted by atomic mass is 10.1. The second-order valence-electron chi connectivity index (χ2n) is 5.95. The summed E-state index contributed by atoms with van der Waals surface area (Å²) in [5, 5.41) is 5.54. The molecule has 3 nitrogen and oxygen atoms in total. The number of guanidine groups is 1. The summed E-state index contributed by atoms with van der Waals surface area (Å²) in [6, 6.07) is 4.84. The predicted molar refractivity (Wildman–Crippen MR) is 104 cm³/mol. The lowest BCUT2D eigenvalue weighted by Crippen LogP contribution is -2.40. The van der Waals surface area contributed by atoms with Crippen LogP contribution in [0.25, 0.3) is 0 Å². The molecule has 0 aromatic carbocycles. The highest BCUT2D eigenvalue weighted by molar-refractivity contribution is 14.0.